The number of aryl methyl sites for hydroxylation is 3. The van der Waals surface area contributed by atoms with Crippen molar-refractivity contribution in [3.05, 3.63) is 28.7 Å². The Morgan fingerprint density at radius 1 is 1.27 bits per heavy atom. The summed E-state index contributed by atoms with van der Waals surface area (Å²) in [5.74, 6) is -0.588. The first-order valence-electron chi connectivity index (χ1n) is 9.21. The zero-order valence-corrected chi connectivity index (χ0v) is 15.7. The number of esters is 1. The zero-order chi connectivity index (χ0) is 18.7. The number of fused-ring (bicyclic) bond motifs is 1. The van der Waals surface area contributed by atoms with Crippen LogP contribution in [0.15, 0.2) is 6.07 Å². The van der Waals surface area contributed by atoms with Gasteiger partial charge in [-0.1, -0.05) is 12.8 Å². The number of amides is 1. The van der Waals surface area contributed by atoms with Gasteiger partial charge in [0.05, 0.1) is 5.69 Å². The molecule has 7 heteroatoms. The van der Waals surface area contributed by atoms with Crippen LogP contribution in [0.3, 0.4) is 0 Å². The first-order chi connectivity index (χ1) is 12.4. The summed E-state index contributed by atoms with van der Waals surface area (Å²) < 4.78 is 6.92. The van der Waals surface area contributed by atoms with E-state index in [0.29, 0.717) is 6.42 Å². The number of nitrogens with one attached hydrogen (secondary N) is 1. The van der Waals surface area contributed by atoms with Crippen LogP contribution in [0, 0.1) is 20.8 Å². The van der Waals surface area contributed by atoms with E-state index in [1.165, 1.54) is 0 Å². The van der Waals surface area contributed by atoms with E-state index < -0.39 is 0 Å². The summed E-state index contributed by atoms with van der Waals surface area (Å²) in [6, 6.07) is 2.17. The van der Waals surface area contributed by atoms with Crippen LogP contribution in [0.4, 0.5) is 0 Å². The minimum absolute atomic E-state index is 0.205. The third-order valence-corrected chi connectivity index (χ3v) is 4.95. The summed E-state index contributed by atoms with van der Waals surface area (Å²) in [4.78, 5) is 28.4. The molecule has 7 nitrogen and oxygen atoms in total. The van der Waals surface area contributed by atoms with Gasteiger partial charge in [-0.2, -0.15) is 5.10 Å². The third-order valence-electron chi connectivity index (χ3n) is 4.95. The van der Waals surface area contributed by atoms with Gasteiger partial charge in [0.2, 0.25) is 0 Å². The fourth-order valence-electron chi connectivity index (χ4n) is 3.59. The second-order valence-electron chi connectivity index (χ2n) is 7.03. The molecule has 3 rings (SSSR count). The van der Waals surface area contributed by atoms with Gasteiger partial charge in [-0.25, -0.2) is 9.50 Å². The van der Waals surface area contributed by atoms with Crippen LogP contribution in [-0.2, 0) is 20.7 Å². The number of rotatable bonds is 6. The second kappa shape index (κ2) is 7.85. The van der Waals surface area contributed by atoms with E-state index >= 15 is 0 Å². The van der Waals surface area contributed by atoms with Gasteiger partial charge in [0.15, 0.2) is 12.3 Å². The molecule has 1 saturated carbocycles. The van der Waals surface area contributed by atoms with Gasteiger partial charge in [0.25, 0.3) is 5.91 Å². The smallest absolute Gasteiger partial charge is 0.306 e. The Morgan fingerprint density at radius 3 is 2.73 bits per heavy atom. The normalized spacial score (nSPS) is 14.7. The molecule has 26 heavy (non-hydrogen) atoms. The lowest BCUT2D eigenvalue weighted by Gasteiger charge is -2.13. The molecule has 0 aliphatic heterocycles. The molecular weight excluding hydrogens is 332 g/mol. The Balaban J connectivity index is 1.52. The molecule has 1 amide bonds. The number of hydrogen-bond acceptors (Lipinski definition) is 5. The van der Waals surface area contributed by atoms with E-state index in [9.17, 15) is 9.59 Å². The van der Waals surface area contributed by atoms with Crippen molar-refractivity contribution in [2.75, 3.05) is 6.61 Å². The molecular formula is C19H26N4O3. The molecule has 0 atom stereocenters. The molecule has 0 radical (unpaired) electrons. The Hall–Kier alpha value is -2.44. The molecule has 0 unspecified atom stereocenters. The summed E-state index contributed by atoms with van der Waals surface area (Å²) in [7, 11) is 0. The quantitative estimate of drug-likeness (QED) is 0.800. The highest BCUT2D eigenvalue weighted by Gasteiger charge is 2.18. The average Bonchev–Trinajstić information content (AvgIpc) is 3.22. The molecule has 1 fully saturated rings. The minimum Gasteiger partial charge on any atom is -0.456 e. The topological polar surface area (TPSA) is 85.6 Å². The Labute approximate surface area is 153 Å². The van der Waals surface area contributed by atoms with Crippen LogP contribution in [0.5, 0.6) is 0 Å². The van der Waals surface area contributed by atoms with E-state index in [0.717, 1.165) is 54.0 Å². The molecule has 140 valence electrons. The van der Waals surface area contributed by atoms with Crippen molar-refractivity contribution < 1.29 is 14.3 Å². The summed E-state index contributed by atoms with van der Waals surface area (Å²) in [5, 5.41) is 7.35. The van der Waals surface area contributed by atoms with Crippen molar-refractivity contribution in [3.8, 4) is 0 Å². The third kappa shape index (κ3) is 4.20. The molecule has 2 aromatic rings. The number of hydrogen-bond donors (Lipinski definition) is 1. The van der Waals surface area contributed by atoms with E-state index in [4.69, 9.17) is 4.74 Å². The summed E-state index contributed by atoms with van der Waals surface area (Å²) in [6.45, 7) is 5.63. The van der Waals surface area contributed by atoms with Crippen LogP contribution in [-0.4, -0.2) is 39.1 Å². The number of carbonyl (C=O) groups is 2. The predicted molar refractivity (Wildman–Crippen MR) is 96.9 cm³/mol. The highest BCUT2D eigenvalue weighted by molar-refractivity contribution is 5.80. The van der Waals surface area contributed by atoms with Crippen LogP contribution in [0.2, 0.25) is 0 Å². The van der Waals surface area contributed by atoms with Gasteiger partial charge in [0.1, 0.15) is 0 Å². The van der Waals surface area contributed by atoms with Gasteiger partial charge < -0.3 is 10.1 Å². The molecule has 0 bridgehead atoms. The van der Waals surface area contributed by atoms with Crippen LogP contribution < -0.4 is 5.32 Å². The Bertz CT molecular complexity index is 822. The number of carbonyl (C=O) groups excluding carboxylic acids is 2. The van der Waals surface area contributed by atoms with Crippen LogP contribution in [0.25, 0.3) is 5.65 Å². The predicted octanol–water partition coefficient (Wildman–Crippen LogP) is 2.19. The lowest BCUT2D eigenvalue weighted by Crippen LogP contribution is -2.35. The molecule has 1 N–H and O–H groups in total. The molecule has 0 spiro atoms. The van der Waals surface area contributed by atoms with Crippen molar-refractivity contribution >= 4 is 17.5 Å². The van der Waals surface area contributed by atoms with Crippen molar-refractivity contribution in [2.45, 2.75) is 65.3 Å². The van der Waals surface area contributed by atoms with Gasteiger partial charge >= 0.3 is 5.97 Å². The fourth-order valence-corrected chi connectivity index (χ4v) is 3.59. The lowest BCUT2D eigenvalue weighted by molar-refractivity contribution is -0.148. The van der Waals surface area contributed by atoms with Crippen molar-refractivity contribution in [3.63, 3.8) is 0 Å². The molecule has 0 aromatic carbocycles. The van der Waals surface area contributed by atoms with Crippen LogP contribution >= 0.6 is 0 Å². The SMILES string of the molecule is Cc1cc2nc(C)c(CCC(=O)OCC(=O)NC3CCCC3)c(C)n2n1. The number of aromatic nitrogens is 3. The van der Waals surface area contributed by atoms with E-state index in [-0.39, 0.29) is 30.9 Å². The zero-order valence-electron chi connectivity index (χ0n) is 15.7. The number of ether oxygens (including phenoxy) is 1. The minimum atomic E-state index is -0.373. The molecule has 2 aromatic heterocycles. The van der Waals surface area contributed by atoms with Gasteiger partial charge in [0, 0.05) is 29.9 Å². The van der Waals surface area contributed by atoms with Crippen molar-refractivity contribution in [1.29, 1.82) is 0 Å². The summed E-state index contributed by atoms with van der Waals surface area (Å²) >= 11 is 0. The maximum absolute atomic E-state index is 12.0. The van der Waals surface area contributed by atoms with E-state index in [1.54, 1.807) is 4.52 Å². The fraction of sp³-hybridized carbons (Fsp3) is 0.579. The highest BCUT2D eigenvalue weighted by atomic mass is 16.5. The molecule has 0 saturated heterocycles. The second-order valence-corrected chi connectivity index (χ2v) is 7.03. The monoisotopic (exact) mass is 358 g/mol. The maximum Gasteiger partial charge on any atom is 0.306 e. The maximum atomic E-state index is 12.0. The molecule has 1 aliphatic carbocycles. The van der Waals surface area contributed by atoms with Gasteiger partial charge in [-0.15, -0.1) is 0 Å². The summed E-state index contributed by atoms with van der Waals surface area (Å²) in [5.41, 5.74) is 4.58. The van der Waals surface area contributed by atoms with Crippen molar-refractivity contribution in [2.24, 2.45) is 0 Å². The standard InChI is InChI=1S/C19H26N4O3/c1-12-10-17-20-13(2)16(14(3)23(17)22-12)8-9-19(25)26-11-18(24)21-15-6-4-5-7-15/h10,15H,4-9,11H2,1-3H3,(H,21,24). The molecule has 1 aliphatic rings. The Morgan fingerprint density at radius 2 is 2.00 bits per heavy atom. The van der Waals surface area contributed by atoms with Gasteiger partial charge in [-0.3, -0.25) is 9.59 Å². The largest absolute Gasteiger partial charge is 0.456 e. The van der Waals surface area contributed by atoms with Crippen LogP contribution in [0.1, 0.15) is 54.7 Å². The number of nitrogens with zero attached hydrogens (tertiary/aromatic N) is 3. The average molecular weight is 358 g/mol. The Kier molecular flexibility index (Phi) is 5.54. The lowest BCUT2D eigenvalue weighted by atomic mass is 10.1. The van der Waals surface area contributed by atoms with E-state index in [2.05, 4.69) is 15.4 Å². The highest BCUT2D eigenvalue weighted by Crippen LogP contribution is 2.18. The first kappa shape index (κ1) is 18.4. The van der Waals surface area contributed by atoms with Gasteiger partial charge in [-0.05, 0) is 45.6 Å². The summed E-state index contributed by atoms with van der Waals surface area (Å²) in [6.07, 6.45) is 5.06. The molecule has 2 heterocycles. The van der Waals surface area contributed by atoms with Crippen molar-refractivity contribution in [1.82, 2.24) is 19.9 Å². The van der Waals surface area contributed by atoms with E-state index in [1.807, 2.05) is 26.8 Å². The first-order valence-corrected chi connectivity index (χ1v) is 9.21.